The summed E-state index contributed by atoms with van der Waals surface area (Å²) in [4.78, 5) is 14.2. The average Bonchev–Trinajstić information content (AvgIpc) is 2.63. The van der Waals surface area contributed by atoms with Gasteiger partial charge in [-0.15, -0.1) is 0 Å². The Morgan fingerprint density at radius 2 is 2.19 bits per heavy atom. The molecule has 1 fully saturated rings. The molecule has 1 heterocycles. The lowest BCUT2D eigenvalue weighted by Gasteiger charge is -2.22. The molecule has 16 heavy (non-hydrogen) atoms. The van der Waals surface area contributed by atoms with Crippen LogP contribution in [0.2, 0.25) is 0 Å². The van der Waals surface area contributed by atoms with E-state index >= 15 is 0 Å². The molecule has 0 N–H and O–H groups in total. The molecule has 4 heteroatoms. The minimum Gasteiger partial charge on any atom is -0.336 e. The first-order valence-electron chi connectivity index (χ1n) is 5.35. The first kappa shape index (κ1) is 12.1. The molecular weight excluding hydrogens is 334 g/mol. The summed E-state index contributed by atoms with van der Waals surface area (Å²) in [7, 11) is 0. The fraction of sp³-hybridized carbons (Fsp3) is 0.417. The summed E-state index contributed by atoms with van der Waals surface area (Å²) in [5.74, 6) is 0.129. The summed E-state index contributed by atoms with van der Waals surface area (Å²) in [6.45, 7) is 2.99. The maximum Gasteiger partial charge on any atom is 0.255 e. The maximum atomic E-state index is 12.3. The highest BCUT2D eigenvalue weighted by atomic mass is 79.9. The first-order valence-corrected chi connectivity index (χ1v) is 6.94. The van der Waals surface area contributed by atoms with E-state index in [1.807, 2.05) is 23.1 Å². The van der Waals surface area contributed by atoms with Crippen molar-refractivity contribution in [2.75, 3.05) is 6.54 Å². The predicted octanol–water partition coefficient (Wildman–Crippen LogP) is 3.84. The van der Waals surface area contributed by atoms with Gasteiger partial charge in [0.15, 0.2) is 0 Å². The number of hydrogen-bond donors (Lipinski definition) is 0. The molecule has 2 rings (SSSR count). The second kappa shape index (κ2) is 4.88. The number of likely N-dealkylation sites (tertiary alicyclic amines) is 1. The van der Waals surface area contributed by atoms with Gasteiger partial charge in [-0.05, 0) is 53.9 Å². The number of hydrogen-bond acceptors (Lipinski definition) is 1. The Kier molecular flexibility index (Phi) is 3.70. The van der Waals surface area contributed by atoms with Crippen LogP contribution in [-0.2, 0) is 0 Å². The Morgan fingerprint density at radius 3 is 2.75 bits per heavy atom. The normalized spacial score (nSPS) is 20.2. The van der Waals surface area contributed by atoms with Crippen LogP contribution in [0.3, 0.4) is 0 Å². The highest BCUT2D eigenvalue weighted by Gasteiger charge is 2.26. The third-order valence-electron chi connectivity index (χ3n) is 2.98. The first-order chi connectivity index (χ1) is 7.59. The molecule has 86 valence electrons. The van der Waals surface area contributed by atoms with Crippen LogP contribution in [0.1, 0.15) is 30.1 Å². The zero-order valence-electron chi connectivity index (χ0n) is 9.04. The molecule has 2 nitrogen and oxygen atoms in total. The van der Waals surface area contributed by atoms with Crippen LogP contribution in [-0.4, -0.2) is 23.4 Å². The van der Waals surface area contributed by atoms with Crippen molar-refractivity contribution in [2.24, 2.45) is 0 Å². The van der Waals surface area contributed by atoms with E-state index in [4.69, 9.17) is 0 Å². The van der Waals surface area contributed by atoms with Gasteiger partial charge in [-0.2, -0.15) is 0 Å². The number of halogens is 2. The molecule has 1 aliphatic heterocycles. The van der Waals surface area contributed by atoms with E-state index in [9.17, 15) is 4.79 Å². The Morgan fingerprint density at radius 1 is 1.44 bits per heavy atom. The van der Waals surface area contributed by atoms with Gasteiger partial charge in [-0.25, -0.2) is 0 Å². The zero-order valence-corrected chi connectivity index (χ0v) is 12.2. The molecule has 0 spiro atoms. The second-order valence-electron chi connectivity index (χ2n) is 4.11. The monoisotopic (exact) mass is 345 g/mol. The zero-order chi connectivity index (χ0) is 11.7. The van der Waals surface area contributed by atoms with Crippen molar-refractivity contribution < 1.29 is 4.79 Å². The van der Waals surface area contributed by atoms with E-state index in [2.05, 4.69) is 38.8 Å². The van der Waals surface area contributed by atoms with E-state index in [1.165, 1.54) is 0 Å². The average molecular weight is 347 g/mol. The fourth-order valence-corrected chi connectivity index (χ4v) is 3.27. The standard InChI is InChI=1S/C12H13Br2NO/c1-8-3-2-6-15(8)12(16)10-5-4-9(13)7-11(10)14/h4-5,7-8H,2-3,6H2,1H3. The molecular formula is C12H13Br2NO. The predicted molar refractivity (Wildman–Crippen MR) is 71.6 cm³/mol. The second-order valence-corrected chi connectivity index (χ2v) is 5.88. The van der Waals surface area contributed by atoms with Crippen molar-refractivity contribution in [3.63, 3.8) is 0 Å². The fourth-order valence-electron chi connectivity index (χ4n) is 2.05. The molecule has 1 saturated heterocycles. The van der Waals surface area contributed by atoms with E-state index in [0.29, 0.717) is 6.04 Å². The molecule has 1 atom stereocenters. The lowest BCUT2D eigenvalue weighted by atomic mass is 10.2. The minimum absolute atomic E-state index is 0.129. The lowest BCUT2D eigenvalue weighted by molar-refractivity contribution is 0.0746. The highest BCUT2D eigenvalue weighted by Crippen LogP contribution is 2.26. The van der Waals surface area contributed by atoms with Crippen molar-refractivity contribution >= 4 is 37.8 Å². The van der Waals surface area contributed by atoms with Gasteiger partial charge in [0.05, 0.1) is 5.56 Å². The number of nitrogens with zero attached hydrogens (tertiary/aromatic N) is 1. The van der Waals surface area contributed by atoms with Crippen LogP contribution in [0.5, 0.6) is 0 Å². The summed E-state index contributed by atoms with van der Waals surface area (Å²) in [6, 6.07) is 6.04. The molecule has 0 saturated carbocycles. The van der Waals surface area contributed by atoms with Crippen molar-refractivity contribution in [1.82, 2.24) is 4.90 Å². The van der Waals surface area contributed by atoms with Crippen LogP contribution in [0.4, 0.5) is 0 Å². The largest absolute Gasteiger partial charge is 0.336 e. The Hall–Kier alpha value is -0.350. The van der Waals surface area contributed by atoms with Crippen LogP contribution < -0.4 is 0 Å². The summed E-state index contributed by atoms with van der Waals surface area (Å²) in [6.07, 6.45) is 2.22. The van der Waals surface area contributed by atoms with Gasteiger partial charge in [-0.1, -0.05) is 15.9 Å². The van der Waals surface area contributed by atoms with E-state index in [0.717, 1.165) is 33.9 Å². The van der Waals surface area contributed by atoms with Crippen molar-refractivity contribution in [1.29, 1.82) is 0 Å². The number of benzene rings is 1. The number of rotatable bonds is 1. The third-order valence-corrected chi connectivity index (χ3v) is 4.12. The summed E-state index contributed by atoms with van der Waals surface area (Å²) < 4.78 is 1.83. The summed E-state index contributed by atoms with van der Waals surface area (Å²) in [5.41, 5.74) is 0.747. The van der Waals surface area contributed by atoms with Gasteiger partial charge < -0.3 is 4.90 Å². The quantitative estimate of drug-likeness (QED) is 0.756. The van der Waals surface area contributed by atoms with Crippen molar-refractivity contribution in [3.05, 3.63) is 32.7 Å². The van der Waals surface area contributed by atoms with Gasteiger partial charge in [0.25, 0.3) is 5.91 Å². The smallest absolute Gasteiger partial charge is 0.255 e. The van der Waals surface area contributed by atoms with Gasteiger partial charge in [0, 0.05) is 21.5 Å². The van der Waals surface area contributed by atoms with E-state index < -0.39 is 0 Å². The molecule has 0 aromatic heterocycles. The number of carbonyl (C=O) groups is 1. The van der Waals surface area contributed by atoms with Crippen LogP contribution in [0.25, 0.3) is 0 Å². The van der Waals surface area contributed by atoms with Gasteiger partial charge in [-0.3, -0.25) is 4.79 Å². The molecule has 1 aliphatic rings. The van der Waals surface area contributed by atoms with Crippen molar-refractivity contribution in [2.45, 2.75) is 25.8 Å². The van der Waals surface area contributed by atoms with Gasteiger partial charge in [0.1, 0.15) is 0 Å². The molecule has 1 unspecified atom stereocenters. The number of amides is 1. The Bertz CT molecular complexity index is 419. The third kappa shape index (κ3) is 2.33. The molecule has 1 aromatic rings. The van der Waals surface area contributed by atoms with Crippen LogP contribution in [0.15, 0.2) is 27.1 Å². The SMILES string of the molecule is CC1CCCN1C(=O)c1ccc(Br)cc1Br. The van der Waals surface area contributed by atoms with Crippen LogP contribution >= 0.6 is 31.9 Å². The topological polar surface area (TPSA) is 20.3 Å². The van der Waals surface area contributed by atoms with Gasteiger partial charge >= 0.3 is 0 Å². The molecule has 0 aliphatic carbocycles. The summed E-state index contributed by atoms with van der Waals surface area (Å²) in [5, 5.41) is 0. The van der Waals surface area contributed by atoms with Crippen molar-refractivity contribution in [3.8, 4) is 0 Å². The van der Waals surface area contributed by atoms with E-state index in [1.54, 1.807) is 0 Å². The lowest BCUT2D eigenvalue weighted by Crippen LogP contribution is -2.33. The summed E-state index contributed by atoms with van der Waals surface area (Å²) >= 11 is 6.82. The number of carbonyl (C=O) groups excluding carboxylic acids is 1. The molecule has 1 amide bonds. The highest BCUT2D eigenvalue weighted by molar-refractivity contribution is 9.11. The van der Waals surface area contributed by atoms with Gasteiger partial charge in [0.2, 0.25) is 0 Å². The van der Waals surface area contributed by atoms with E-state index in [-0.39, 0.29) is 5.91 Å². The molecule has 0 radical (unpaired) electrons. The Balaban J connectivity index is 2.27. The maximum absolute atomic E-state index is 12.3. The molecule has 0 bridgehead atoms. The minimum atomic E-state index is 0.129. The molecule has 1 aromatic carbocycles. The Labute approximate surface area is 112 Å². The van der Waals surface area contributed by atoms with Crippen LogP contribution in [0, 0.1) is 0 Å².